The summed E-state index contributed by atoms with van der Waals surface area (Å²) in [5, 5.41) is 3.40. The molecule has 0 saturated heterocycles. The maximum Gasteiger partial charge on any atom is 0.194 e. The molecular weight excluding hydrogens is 298 g/mol. The largest absolute Gasteiger partial charge is 0.497 e. The smallest absolute Gasteiger partial charge is 0.194 e. The van der Waals surface area contributed by atoms with E-state index in [1.54, 1.807) is 25.6 Å². The molecule has 0 saturated carbocycles. The van der Waals surface area contributed by atoms with Crippen LogP contribution in [0.5, 0.6) is 11.5 Å². The zero-order chi connectivity index (χ0) is 15.1. The van der Waals surface area contributed by atoms with Gasteiger partial charge in [0.1, 0.15) is 11.5 Å². The highest BCUT2D eigenvalue weighted by atomic mass is 32.1. The molecule has 1 aliphatic heterocycles. The second-order valence-electron chi connectivity index (χ2n) is 5.24. The fraction of sp³-hybridized carbons (Fsp3) is 0.312. The van der Waals surface area contributed by atoms with E-state index in [4.69, 9.17) is 14.5 Å². The maximum absolute atomic E-state index is 5.47. The van der Waals surface area contributed by atoms with E-state index >= 15 is 0 Å². The Balaban J connectivity index is 1.86. The van der Waals surface area contributed by atoms with Gasteiger partial charge in [-0.15, -0.1) is 0 Å². The molecule has 3 heterocycles. The average Bonchev–Trinajstić information content (AvgIpc) is 3.12. The molecule has 4 rings (SSSR count). The van der Waals surface area contributed by atoms with Crippen LogP contribution in [0, 0.1) is 0 Å². The van der Waals surface area contributed by atoms with Crippen molar-refractivity contribution < 1.29 is 9.47 Å². The molecule has 6 heteroatoms. The third-order valence-electron chi connectivity index (χ3n) is 4.01. The number of rotatable bonds is 3. The molecule has 114 valence electrons. The van der Waals surface area contributed by atoms with E-state index in [9.17, 15) is 0 Å². The molecule has 1 aliphatic rings. The van der Waals surface area contributed by atoms with Gasteiger partial charge < -0.3 is 14.8 Å². The van der Waals surface area contributed by atoms with Crippen molar-refractivity contribution in [2.75, 3.05) is 20.8 Å². The third kappa shape index (κ3) is 2.07. The molecule has 0 bridgehead atoms. The van der Waals surface area contributed by atoms with E-state index in [-0.39, 0.29) is 0 Å². The number of aromatic nitrogens is 2. The van der Waals surface area contributed by atoms with Crippen molar-refractivity contribution in [3.8, 4) is 22.8 Å². The Morgan fingerprint density at radius 3 is 3.00 bits per heavy atom. The molecular formula is C16H17N3O2S. The third-order valence-corrected chi connectivity index (χ3v) is 5.10. The summed E-state index contributed by atoms with van der Waals surface area (Å²) >= 11 is 1.76. The molecule has 0 fully saturated rings. The Morgan fingerprint density at radius 1 is 1.27 bits per heavy atom. The molecule has 0 atom stereocenters. The van der Waals surface area contributed by atoms with Gasteiger partial charge in [0.05, 0.1) is 19.9 Å². The van der Waals surface area contributed by atoms with E-state index in [0.717, 1.165) is 47.2 Å². The second kappa shape index (κ2) is 5.30. The lowest BCUT2D eigenvalue weighted by Gasteiger charge is -2.12. The molecule has 3 aromatic rings. The highest BCUT2D eigenvalue weighted by Gasteiger charge is 2.19. The van der Waals surface area contributed by atoms with Gasteiger partial charge in [0.2, 0.25) is 0 Å². The van der Waals surface area contributed by atoms with Crippen LogP contribution >= 0.6 is 11.3 Å². The predicted octanol–water partition coefficient (Wildman–Crippen LogP) is 2.73. The first kappa shape index (κ1) is 13.6. The SMILES string of the molecule is COc1ccc(OC)c(-c2cn3c4c(sc3n2)CNCC4)c1. The molecule has 5 nitrogen and oxygen atoms in total. The lowest BCUT2D eigenvalue weighted by molar-refractivity contribution is 0.404. The van der Waals surface area contributed by atoms with Crippen LogP contribution in [0.15, 0.2) is 24.4 Å². The molecule has 1 aromatic carbocycles. The summed E-state index contributed by atoms with van der Waals surface area (Å²) in [6, 6.07) is 5.79. The zero-order valence-corrected chi connectivity index (χ0v) is 13.4. The van der Waals surface area contributed by atoms with Crippen LogP contribution in [0.2, 0.25) is 0 Å². The van der Waals surface area contributed by atoms with Crippen LogP contribution in [0.1, 0.15) is 10.6 Å². The number of nitrogens with one attached hydrogen (secondary N) is 1. The van der Waals surface area contributed by atoms with E-state index in [0.29, 0.717) is 0 Å². The highest BCUT2D eigenvalue weighted by Crippen LogP contribution is 2.35. The number of thiazole rings is 1. The van der Waals surface area contributed by atoms with Crippen molar-refractivity contribution in [2.45, 2.75) is 13.0 Å². The molecule has 0 unspecified atom stereocenters. The summed E-state index contributed by atoms with van der Waals surface area (Å²) < 4.78 is 13.0. The van der Waals surface area contributed by atoms with Crippen LogP contribution in [-0.2, 0) is 13.0 Å². The van der Waals surface area contributed by atoms with E-state index in [1.165, 1.54) is 10.6 Å². The number of nitrogens with zero attached hydrogens (tertiary/aromatic N) is 2. The molecule has 1 N–H and O–H groups in total. The topological polar surface area (TPSA) is 47.8 Å². The minimum absolute atomic E-state index is 0.804. The molecule has 22 heavy (non-hydrogen) atoms. The highest BCUT2D eigenvalue weighted by molar-refractivity contribution is 7.17. The van der Waals surface area contributed by atoms with Crippen molar-refractivity contribution in [1.29, 1.82) is 0 Å². The summed E-state index contributed by atoms with van der Waals surface area (Å²) in [6.07, 6.45) is 3.15. The van der Waals surface area contributed by atoms with Crippen LogP contribution in [0.3, 0.4) is 0 Å². The molecule has 2 aromatic heterocycles. The quantitative estimate of drug-likeness (QED) is 0.807. The summed E-state index contributed by atoms with van der Waals surface area (Å²) in [6.45, 7) is 1.97. The summed E-state index contributed by atoms with van der Waals surface area (Å²) in [5.41, 5.74) is 3.25. The minimum Gasteiger partial charge on any atom is -0.497 e. The standard InChI is InChI=1S/C16H17N3O2S/c1-20-10-3-4-14(21-2)11(7-10)12-9-19-13-5-6-17-8-15(13)22-16(19)18-12/h3-4,7,9,17H,5-6,8H2,1-2H3. The Kier molecular flexibility index (Phi) is 3.28. The van der Waals surface area contributed by atoms with Gasteiger partial charge in [-0.05, 0) is 18.2 Å². The molecule has 0 spiro atoms. The van der Waals surface area contributed by atoms with Crippen LogP contribution in [-0.4, -0.2) is 30.1 Å². The Hall–Kier alpha value is -2.05. The van der Waals surface area contributed by atoms with Gasteiger partial charge in [0, 0.05) is 41.8 Å². The molecule has 0 aliphatic carbocycles. The number of benzene rings is 1. The molecule has 0 radical (unpaired) electrons. The summed E-state index contributed by atoms with van der Waals surface area (Å²) in [7, 11) is 3.35. The first-order valence-electron chi connectivity index (χ1n) is 7.23. The number of ether oxygens (including phenoxy) is 2. The Labute approximate surface area is 132 Å². The number of hydrogen-bond acceptors (Lipinski definition) is 5. The van der Waals surface area contributed by atoms with Gasteiger partial charge in [-0.2, -0.15) is 0 Å². The van der Waals surface area contributed by atoms with E-state index in [2.05, 4.69) is 15.9 Å². The van der Waals surface area contributed by atoms with E-state index < -0.39 is 0 Å². The minimum atomic E-state index is 0.804. The van der Waals surface area contributed by atoms with Gasteiger partial charge in [-0.25, -0.2) is 4.98 Å². The number of hydrogen-bond donors (Lipinski definition) is 1. The lowest BCUT2D eigenvalue weighted by atomic mass is 10.1. The Bertz CT molecular complexity index is 837. The van der Waals surface area contributed by atoms with Crippen molar-refractivity contribution in [3.63, 3.8) is 0 Å². The average molecular weight is 315 g/mol. The monoisotopic (exact) mass is 315 g/mol. The number of fused-ring (bicyclic) bond motifs is 3. The first-order valence-corrected chi connectivity index (χ1v) is 8.04. The fourth-order valence-electron chi connectivity index (χ4n) is 2.88. The predicted molar refractivity (Wildman–Crippen MR) is 87.0 cm³/mol. The number of imidazole rings is 1. The zero-order valence-electron chi connectivity index (χ0n) is 12.5. The van der Waals surface area contributed by atoms with Gasteiger partial charge >= 0.3 is 0 Å². The normalized spacial score (nSPS) is 14.1. The van der Waals surface area contributed by atoms with Gasteiger partial charge in [0.15, 0.2) is 4.96 Å². The maximum atomic E-state index is 5.47. The van der Waals surface area contributed by atoms with Crippen molar-refractivity contribution in [3.05, 3.63) is 35.0 Å². The van der Waals surface area contributed by atoms with Crippen molar-refractivity contribution in [1.82, 2.24) is 14.7 Å². The summed E-state index contributed by atoms with van der Waals surface area (Å²) in [4.78, 5) is 7.21. The van der Waals surface area contributed by atoms with Crippen LogP contribution in [0.25, 0.3) is 16.2 Å². The van der Waals surface area contributed by atoms with Gasteiger partial charge in [0.25, 0.3) is 0 Å². The van der Waals surface area contributed by atoms with Crippen molar-refractivity contribution >= 4 is 16.3 Å². The van der Waals surface area contributed by atoms with E-state index in [1.807, 2.05) is 18.2 Å². The second-order valence-corrected chi connectivity index (χ2v) is 6.31. The number of methoxy groups -OCH3 is 2. The van der Waals surface area contributed by atoms with Crippen LogP contribution < -0.4 is 14.8 Å². The molecule has 0 amide bonds. The van der Waals surface area contributed by atoms with Gasteiger partial charge in [-0.1, -0.05) is 11.3 Å². The lowest BCUT2D eigenvalue weighted by Crippen LogP contribution is -2.23. The first-order chi connectivity index (χ1) is 10.8. The van der Waals surface area contributed by atoms with Crippen LogP contribution in [0.4, 0.5) is 0 Å². The Morgan fingerprint density at radius 2 is 2.18 bits per heavy atom. The fourth-order valence-corrected chi connectivity index (χ4v) is 4.00. The van der Waals surface area contributed by atoms with Crippen molar-refractivity contribution in [2.24, 2.45) is 0 Å². The van der Waals surface area contributed by atoms with Gasteiger partial charge in [-0.3, -0.25) is 4.40 Å². The summed E-state index contributed by atoms with van der Waals surface area (Å²) in [5.74, 6) is 1.61.